The highest BCUT2D eigenvalue weighted by atomic mass is 16.5. The van der Waals surface area contributed by atoms with E-state index >= 15 is 0 Å². The number of allylic oxidation sites excluding steroid dienone is 1. The van der Waals surface area contributed by atoms with Crippen LogP contribution in [0.2, 0.25) is 0 Å². The fraction of sp³-hybridized carbons (Fsp3) is 0.655. The van der Waals surface area contributed by atoms with Gasteiger partial charge in [-0.05, 0) is 91.4 Å². The Morgan fingerprint density at radius 3 is 2.26 bits per heavy atom. The van der Waals surface area contributed by atoms with Crippen LogP contribution in [-0.4, -0.2) is 43.8 Å². The van der Waals surface area contributed by atoms with Crippen molar-refractivity contribution in [3.63, 3.8) is 0 Å². The van der Waals surface area contributed by atoms with Gasteiger partial charge >= 0.3 is 0 Å². The number of fused-ring (bicyclic) bond motifs is 5. The number of ether oxygens (including phenoxy) is 3. The van der Waals surface area contributed by atoms with E-state index in [0.717, 1.165) is 56.1 Å². The summed E-state index contributed by atoms with van der Waals surface area (Å²) in [6.45, 7) is 4.75. The lowest BCUT2D eigenvalue weighted by atomic mass is 9.48. The average molecular weight is 469 g/mol. The highest BCUT2D eigenvalue weighted by molar-refractivity contribution is 5.64. The number of benzene rings is 1. The minimum atomic E-state index is -0.441. The zero-order valence-electron chi connectivity index (χ0n) is 21.3. The summed E-state index contributed by atoms with van der Waals surface area (Å²) >= 11 is 0. The average Bonchev–Trinajstić information content (AvgIpc) is 3.08. The molecule has 5 rings (SSSR count). The maximum absolute atomic E-state index is 11.6. The minimum absolute atomic E-state index is 0.0937. The molecule has 0 spiro atoms. The van der Waals surface area contributed by atoms with E-state index < -0.39 is 6.10 Å². The molecule has 0 heterocycles. The van der Waals surface area contributed by atoms with E-state index in [2.05, 4.69) is 26.0 Å². The number of aliphatic hydroxyl groups is 2. The third-order valence-electron chi connectivity index (χ3n) is 9.99. The third-order valence-corrected chi connectivity index (χ3v) is 9.99. The van der Waals surface area contributed by atoms with E-state index in [0.29, 0.717) is 35.0 Å². The first kappa shape index (κ1) is 23.7. The van der Waals surface area contributed by atoms with Gasteiger partial charge in [0.15, 0.2) is 11.5 Å². The van der Waals surface area contributed by atoms with Crippen LogP contribution < -0.4 is 14.2 Å². The minimum Gasteiger partial charge on any atom is -0.493 e. The van der Waals surface area contributed by atoms with Gasteiger partial charge in [0, 0.05) is 5.41 Å². The largest absolute Gasteiger partial charge is 0.493 e. The standard InChI is InChI=1S/C29H40O5/c1-28-10-8-20(30)16-19(28)6-7-21-22(28)9-11-29(2)23(21)15-18(27(29)31)12-17-13-24(32-3)26(34-5)25(14-17)33-4/h6,12-14,20-23,27,30-31H,7-11,15-16H2,1-5H3/b18-12+/t20-,21+,22-,23-,27-,28-,29-/m0/s1. The van der Waals surface area contributed by atoms with Gasteiger partial charge in [-0.25, -0.2) is 0 Å². The number of hydrogen-bond acceptors (Lipinski definition) is 5. The number of aliphatic hydroxyl groups excluding tert-OH is 2. The summed E-state index contributed by atoms with van der Waals surface area (Å²) < 4.78 is 16.6. The Bertz CT molecular complexity index is 987. The smallest absolute Gasteiger partial charge is 0.203 e. The van der Waals surface area contributed by atoms with Gasteiger partial charge in [-0.1, -0.05) is 31.6 Å². The van der Waals surface area contributed by atoms with Crippen molar-refractivity contribution in [3.05, 3.63) is 34.9 Å². The first-order chi connectivity index (χ1) is 16.2. The van der Waals surface area contributed by atoms with Crippen LogP contribution in [0, 0.1) is 28.6 Å². The summed E-state index contributed by atoms with van der Waals surface area (Å²) in [7, 11) is 4.87. The molecule has 5 nitrogen and oxygen atoms in total. The Labute approximate surface area is 203 Å². The van der Waals surface area contributed by atoms with Crippen molar-refractivity contribution in [2.75, 3.05) is 21.3 Å². The maximum atomic E-state index is 11.6. The molecule has 3 fully saturated rings. The molecule has 0 amide bonds. The molecule has 0 bridgehead atoms. The molecule has 1 aromatic rings. The van der Waals surface area contributed by atoms with Crippen molar-refractivity contribution in [3.8, 4) is 17.2 Å². The van der Waals surface area contributed by atoms with Crippen molar-refractivity contribution in [2.45, 2.75) is 71.0 Å². The Hall–Kier alpha value is -1.98. The molecule has 0 aliphatic heterocycles. The van der Waals surface area contributed by atoms with Crippen LogP contribution in [-0.2, 0) is 0 Å². The lowest BCUT2D eigenvalue weighted by molar-refractivity contribution is -0.0685. The molecular formula is C29H40O5. The molecule has 186 valence electrons. The predicted octanol–water partition coefficient (Wildman–Crippen LogP) is 5.39. The second kappa shape index (κ2) is 8.60. The van der Waals surface area contributed by atoms with Gasteiger partial charge in [0.25, 0.3) is 0 Å². The van der Waals surface area contributed by atoms with Crippen molar-refractivity contribution >= 4 is 6.08 Å². The molecule has 0 aromatic heterocycles. The topological polar surface area (TPSA) is 68.2 Å². The van der Waals surface area contributed by atoms with E-state index in [-0.39, 0.29) is 16.9 Å². The van der Waals surface area contributed by atoms with E-state index in [9.17, 15) is 10.2 Å². The molecule has 4 aliphatic rings. The Balaban J connectivity index is 1.47. The van der Waals surface area contributed by atoms with Crippen LogP contribution in [0.15, 0.2) is 29.4 Å². The van der Waals surface area contributed by atoms with Gasteiger partial charge in [-0.15, -0.1) is 0 Å². The Morgan fingerprint density at radius 2 is 1.62 bits per heavy atom. The first-order valence-electron chi connectivity index (χ1n) is 12.8. The predicted molar refractivity (Wildman–Crippen MR) is 133 cm³/mol. The van der Waals surface area contributed by atoms with Crippen LogP contribution in [0.1, 0.15) is 64.4 Å². The molecule has 5 heteroatoms. The van der Waals surface area contributed by atoms with E-state index in [1.807, 2.05) is 12.1 Å². The number of rotatable bonds is 4. The zero-order valence-corrected chi connectivity index (χ0v) is 21.3. The molecule has 0 radical (unpaired) electrons. The van der Waals surface area contributed by atoms with Crippen molar-refractivity contribution in [1.82, 2.24) is 0 Å². The monoisotopic (exact) mass is 468 g/mol. The quantitative estimate of drug-likeness (QED) is 0.580. The van der Waals surface area contributed by atoms with Crippen LogP contribution >= 0.6 is 0 Å². The van der Waals surface area contributed by atoms with E-state index in [1.54, 1.807) is 21.3 Å². The second-order valence-corrected chi connectivity index (χ2v) is 11.5. The molecule has 0 saturated heterocycles. The summed E-state index contributed by atoms with van der Waals surface area (Å²) in [5.74, 6) is 3.53. The van der Waals surface area contributed by atoms with Crippen LogP contribution in [0.4, 0.5) is 0 Å². The van der Waals surface area contributed by atoms with Crippen molar-refractivity contribution < 1.29 is 24.4 Å². The second-order valence-electron chi connectivity index (χ2n) is 11.5. The van der Waals surface area contributed by atoms with Crippen LogP contribution in [0.3, 0.4) is 0 Å². The summed E-state index contributed by atoms with van der Waals surface area (Å²) in [5.41, 5.74) is 3.67. The lowest BCUT2D eigenvalue weighted by Gasteiger charge is -2.57. The highest BCUT2D eigenvalue weighted by Crippen LogP contribution is 2.65. The summed E-state index contributed by atoms with van der Waals surface area (Å²) in [6, 6.07) is 3.91. The SMILES string of the molecule is COc1cc(/C=C2\C[C@H]3[C@@H]4CC=C5C[C@@H](O)CC[C@]5(C)[C@H]4CC[C@]3(C)[C@H]2O)cc(OC)c1OC. The number of methoxy groups -OCH3 is 3. The van der Waals surface area contributed by atoms with Gasteiger partial charge in [0.2, 0.25) is 5.75 Å². The molecule has 1 aromatic carbocycles. The first-order valence-corrected chi connectivity index (χ1v) is 12.8. The summed E-state index contributed by atoms with van der Waals surface area (Å²) in [6.07, 6.45) is 11.0. The molecule has 4 aliphatic carbocycles. The van der Waals surface area contributed by atoms with Gasteiger partial charge in [-0.2, -0.15) is 0 Å². The maximum Gasteiger partial charge on any atom is 0.203 e. The molecule has 7 atom stereocenters. The Morgan fingerprint density at radius 1 is 0.912 bits per heavy atom. The molecule has 2 N–H and O–H groups in total. The normalized spacial score (nSPS) is 40.1. The van der Waals surface area contributed by atoms with E-state index in [4.69, 9.17) is 14.2 Å². The van der Waals surface area contributed by atoms with Gasteiger partial charge in [-0.3, -0.25) is 0 Å². The lowest BCUT2D eigenvalue weighted by Crippen LogP contribution is -2.51. The molecule has 0 unspecified atom stereocenters. The van der Waals surface area contributed by atoms with E-state index in [1.165, 1.54) is 5.57 Å². The van der Waals surface area contributed by atoms with Gasteiger partial charge in [0.1, 0.15) is 0 Å². The molecule has 3 saturated carbocycles. The third kappa shape index (κ3) is 3.50. The van der Waals surface area contributed by atoms with Gasteiger partial charge < -0.3 is 24.4 Å². The van der Waals surface area contributed by atoms with Crippen LogP contribution in [0.25, 0.3) is 6.08 Å². The van der Waals surface area contributed by atoms with Gasteiger partial charge in [0.05, 0.1) is 33.5 Å². The van der Waals surface area contributed by atoms with Crippen LogP contribution in [0.5, 0.6) is 17.2 Å². The Kier molecular flexibility index (Phi) is 6.01. The molecule has 34 heavy (non-hydrogen) atoms. The summed E-state index contributed by atoms with van der Waals surface area (Å²) in [5, 5.41) is 21.8. The fourth-order valence-corrected chi connectivity index (χ4v) is 8.04. The van der Waals surface area contributed by atoms with Crippen molar-refractivity contribution in [1.29, 1.82) is 0 Å². The zero-order chi connectivity index (χ0) is 24.3. The van der Waals surface area contributed by atoms with Crippen molar-refractivity contribution in [2.24, 2.45) is 28.6 Å². The fourth-order valence-electron chi connectivity index (χ4n) is 8.04. The number of hydrogen-bond donors (Lipinski definition) is 2. The highest BCUT2D eigenvalue weighted by Gasteiger charge is 2.59. The summed E-state index contributed by atoms with van der Waals surface area (Å²) in [4.78, 5) is 0. The molecular weight excluding hydrogens is 428 g/mol.